The molecular weight excluding hydrogens is 936 g/mol. The molecule has 0 aliphatic rings. The number of carbonyl (C=O) groups excluding carboxylic acids is 1. The van der Waals surface area contributed by atoms with Crippen molar-refractivity contribution in [3.05, 3.63) is 48.6 Å². The summed E-state index contributed by atoms with van der Waals surface area (Å²) in [6.07, 6.45) is 74.7. The molecule has 0 aromatic rings. The third-order valence-electron chi connectivity index (χ3n) is 14.6. The van der Waals surface area contributed by atoms with Gasteiger partial charge in [-0.3, -0.25) is 13.8 Å². The number of carbonyl (C=O) groups is 1. The molecule has 74 heavy (non-hydrogen) atoms. The molecule has 0 spiro atoms. The number of phosphoric acid groups is 1. The van der Waals surface area contributed by atoms with E-state index in [0.29, 0.717) is 23.9 Å². The van der Waals surface area contributed by atoms with E-state index < -0.39 is 20.0 Å². The van der Waals surface area contributed by atoms with E-state index in [1.807, 2.05) is 21.1 Å². The van der Waals surface area contributed by atoms with Gasteiger partial charge in [0.25, 0.3) is 0 Å². The van der Waals surface area contributed by atoms with Crippen LogP contribution in [0.15, 0.2) is 48.6 Å². The van der Waals surface area contributed by atoms with E-state index in [4.69, 9.17) is 9.05 Å². The minimum atomic E-state index is -4.33. The van der Waals surface area contributed by atoms with E-state index >= 15 is 0 Å². The van der Waals surface area contributed by atoms with Gasteiger partial charge >= 0.3 is 7.82 Å². The van der Waals surface area contributed by atoms with Gasteiger partial charge in [-0.2, -0.15) is 0 Å². The fourth-order valence-corrected chi connectivity index (χ4v) is 10.4. The molecule has 1 amide bonds. The van der Waals surface area contributed by atoms with Gasteiger partial charge in [-0.05, 0) is 51.4 Å². The Hall–Kier alpha value is -1.54. The number of nitrogens with one attached hydrogen (secondary N) is 1. The fraction of sp³-hybridized carbons (Fsp3) is 0.862. The molecule has 0 bridgehead atoms. The minimum Gasteiger partial charge on any atom is -0.391 e. The normalized spacial score (nSPS) is 14.1. The summed E-state index contributed by atoms with van der Waals surface area (Å²) in [5.74, 6) is -0.140. The third kappa shape index (κ3) is 58.1. The molecule has 0 rings (SSSR count). The van der Waals surface area contributed by atoms with Crippen LogP contribution in [0.3, 0.4) is 0 Å². The highest BCUT2D eigenvalue weighted by molar-refractivity contribution is 7.47. The first-order valence-electron chi connectivity index (χ1n) is 32.0. The molecule has 0 saturated carbocycles. The molecule has 0 fully saturated rings. The van der Waals surface area contributed by atoms with Gasteiger partial charge in [0.15, 0.2) is 0 Å². The minimum absolute atomic E-state index is 0.0754. The average Bonchev–Trinajstić information content (AvgIpc) is 3.36. The number of rotatable bonds is 59. The molecule has 0 aliphatic carbocycles. The van der Waals surface area contributed by atoms with Crippen molar-refractivity contribution in [1.29, 1.82) is 0 Å². The van der Waals surface area contributed by atoms with E-state index in [1.165, 1.54) is 218 Å². The van der Waals surface area contributed by atoms with Crippen molar-refractivity contribution in [2.24, 2.45) is 0 Å². The summed E-state index contributed by atoms with van der Waals surface area (Å²) >= 11 is 0. The molecule has 8 nitrogen and oxygen atoms in total. The number of amides is 1. The number of aliphatic hydroxyl groups is 1. The molecule has 3 atom stereocenters. The average molecular weight is 1060 g/mol. The molecular formula is C65H126N2O6P+. The lowest BCUT2D eigenvalue weighted by molar-refractivity contribution is -0.870. The number of aliphatic hydroxyl groups excluding tert-OH is 1. The first-order valence-corrected chi connectivity index (χ1v) is 33.5. The molecule has 0 saturated heterocycles. The van der Waals surface area contributed by atoms with Crippen LogP contribution < -0.4 is 5.32 Å². The Morgan fingerprint density at radius 3 is 1.19 bits per heavy atom. The van der Waals surface area contributed by atoms with Crippen LogP contribution in [0.1, 0.15) is 309 Å². The molecule has 0 aromatic carbocycles. The molecule has 0 radical (unpaired) electrons. The highest BCUT2D eigenvalue weighted by Crippen LogP contribution is 2.43. The van der Waals surface area contributed by atoms with Crippen LogP contribution in [-0.2, 0) is 18.4 Å². The van der Waals surface area contributed by atoms with Crippen molar-refractivity contribution in [2.45, 2.75) is 321 Å². The van der Waals surface area contributed by atoms with Gasteiger partial charge in [0, 0.05) is 6.42 Å². The van der Waals surface area contributed by atoms with Crippen molar-refractivity contribution in [2.75, 3.05) is 40.9 Å². The largest absolute Gasteiger partial charge is 0.472 e. The fourth-order valence-electron chi connectivity index (χ4n) is 9.63. The number of unbranched alkanes of at least 4 members (excludes halogenated alkanes) is 38. The second-order valence-electron chi connectivity index (χ2n) is 23.1. The van der Waals surface area contributed by atoms with Crippen molar-refractivity contribution in [3.8, 4) is 0 Å². The predicted octanol–water partition coefficient (Wildman–Crippen LogP) is 19.9. The highest BCUT2D eigenvalue weighted by atomic mass is 31.2. The zero-order valence-corrected chi connectivity index (χ0v) is 50.7. The monoisotopic (exact) mass is 1060 g/mol. The number of hydrogen-bond acceptors (Lipinski definition) is 5. The maximum Gasteiger partial charge on any atom is 0.472 e. The van der Waals surface area contributed by atoms with Gasteiger partial charge in [-0.15, -0.1) is 0 Å². The summed E-state index contributed by atoms with van der Waals surface area (Å²) in [6.45, 7) is 4.82. The van der Waals surface area contributed by atoms with E-state index in [9.17, 15) is 19.4 Å². The third-order valence-corrected chi connectivity index (χ3v) is 15.6. The van der Waals surface area contributed by atoms with Crippen molar-refractivity contribution >= 4 is 13.7 Å². The van der Waals surface area contributed by atoms with Crippen LogP contribution in [0.4, 0.5) is 0 Å². The SMILES string of the molecule is CC/C=C\C/C=C\C/C=C\C/C=C\CCCCCCCCCCCCCCCCCCC(=O)NC(COP(=O)(O)OCC[N+](C)(C)C)C(O)CCCCCCCCCCCCCCCCCCCCCCCCC. The van der Waals surface area contributed by atoms with Crippen LogP contribution in [-0.4, -0.2) is 73.4 Å². The molecule has 3 N–H and O–H groups in total. The first-order chi connectivity index (χ1) is 36.0. The molecule has 436 valence electrons. The number of quaternary nitrogens is 1. The summed E-state index contributed by atoms with van der Waals surface area (Å²) in [6, 6.07) is -0.762. The Balaban J connectivity index is 4.07. The summed E-state index contributed by atoms with van der Waals surface area (Å²) in [5.41, 5.74) is 0. The number of allylic oxidation sites excluding steroid dienone is 8. The lowest BCUT2D eigenvalue weighted by Gasteiger charge is -2.26. The molecule has 3 unspecified atom stereocenters. The zero-order valence-electron chi connectivity index (χ0n) is 49.8. The number of likely N-dealkylation sites (N-methyl/N-ethyl adjacent to an activating group) is 1. The number of phosphoric ester groups is 1. The molecule has 0 heterocycles. The maximum atomic E-state index is 13.0. The van der Waals surface area contributed by atoms with Crippen molar-refractivity contribution in [3.63, 3.8) is 0 Å². The van der Waals surface area contributed by atoms with Gasteiger partial charge in [-0.1, -0.05) is 300 Å². The number of hydrogen-bond donors (Lipinski definition) is 3. The van der Waals surface area contributed by atoms with Crippen molar-refractivity contribution < 1.29 is 32.9 Å². The summed E-state index contributed by atoms with van der Waals surface area (Å²) in [7, 11) is 1.63. The quantitative estimate of drug-likeness (QED) is 0.0243. The van der Waals surface area contributed by atoms with Crippen molar-refractivity contribution in [1.82, 2.24) is 5.32 Å². The van der Waals surface area contributed by atoms with Gasteiger partial charge in [0.05, 0.1) is 39.9 Å². The smallest absolute Gasteiger partial charge is 0.391 e. The van der Waals surface area contributed by atoms with Gasteiger partial charge in [-0.25, -0.2) is 4.57 Å². The number of nitrogens with zero attached hydrogens (tertiary/aromatic N) is 1. The van der Waals surface area contributed by atoms with E-state index in [0.717, 1.165) is 64.2 Å². The lowest BCUT2D eigenvalue weighted by atomic mass is 10.0. The van der Waals surface area contributed by atoms with Crippen LogP contribution >= 0.6 is 7.82 Å². The van der Waals surface area contributed by atoms with Crippen LogP contribution in [0, 0.1) is 0 Å². The molecule has 0 aliphatic heterocycles. The Morgan fingerprint density at radius 1 is 0.473 bits per heavy atom. The summed E-state index contributed by atoms with van der Waals surface area (Å²) < 4.78 is 23.9. The Kier molecular flexibility index (Phi) is 55.0. The van der Waals surface area contributed by atoms with Crippen LogP contribution in [0.2, 0.25) is 0 Å². The summed E-state index contributed by atoms with van der Waals surface area (Å²) in [5, 5.41) is 14.1. The Morgan fingerprint density at radius 2 is 0.811 bits per heavy atom. The topological polar surface area (TPSA) is 105 Å². The maximum absolute atomic E-state index is 13.0. The molecule has 9 heteroatoms. The second kappa shape index (κ2) is 56.2. The lowest BCUT2D eigenvalue weighted by Crippen LogP contribution is -2.46. The first kappa shape index (κ1) is 72.5. The highest BCUT2D eigenvalue weighted by Gasteiger charge is 2.28. The predicted molar refractivity (Wildman–Crippen MR) is 323 cm³/mol. The van der Waals surface area contributed by atoms with E-state index in [1.54, 1.807) is 0 Å². The standard InChI is InChI=1S/C65H125N2O6P/c1-6-8-10-12-14-16-18-20-22-24-26-28-30-31-32-33-34-35-37-39-41-43-45-47-49-51-53-55-57-59-65(69)66-63(62-73-74(70,71)72-61-60-67(3,4)5)64(68)58-56-54-52-50-48-46-44-42-40-38-36-29-27-25-23-21-19-17-15-13-11-9-7-2/h8,10,14,16,20,22,26,28,63-64,68H,6-7,9,11-13,15,17-19,21,23-25,27,29-62H2,1-5H3,(H-,66,69,70,71)/p+1/b10-8-,16-14-,22-20-,28-26-. The van der Waals surface area contributed by atoms with Crippen LogP contribution in [0.5, 0.6) is 0 Å². The van der Waals surface area contributed by atoms with Gasteiger partial charge < -0.3 is 19.8 Å². The van der Waals surface area contributed by atoms with Gasteiger partial charge in [0.1, 0.15) is 13.2 Å². The van der Waals surface area contributed by atoms with E-state index in [2.05, 4.69) is 67.8 Å². The zero-order chi connectivity index (χ0) is 54.2. The van der Waals surface area contributed by atoms with Crippen LogP contribution in [0.25, 0.3) is 0 Å². The Bertz CT molecular complexity index is 1340. The molecule has 0 aromatic heterocycles. The van der Waals surface area contributed by atoms with Gasteiger partial charge in [0.2, 0.25) is 5.91 Å². The Labute approximate surface area is 460 Å². The second-order valence-corrected chi connectivity index (χ2v) is 24.6. The van der Waals surface area contributed by atoms with E-state index in [-0.39, 0.29) is 19.1 Å². The summed E-state index contributed by atoms with van der Waals surface area (Å²) in [4.78, 5) is 23.4.